The molecule has 4 atom stereocenters. The number of hydrogen-bond donors (Lipinski definition) is 2. The zero-order valence-electron chi connectivity index (χ0n) is 17.5. The molecule has 3 N–H and O–H groups in total. The molecule has 0 amide bonds. The molecular weight excluding hydrogens is 348 g/mol. The average Bonchev–Trinajstić information content (AvgIpc) is 2.67. The van der Waals surface area contributed by atoms with Gasteiger partial charge < -0.3 is 11.1 Å². The minimum absolute atomic E-state index is 0.00869. The number of carbonyl (C=O) groups excluding carboxylic acids is 2. The summed E-state index contributed by atoms with van der Waals surface area (Å²) in [7, 11) is 1.78. The Hall–Kier alpha value is -2.12. The van der Waals surface area contributed by atoms with Gasteiger partial charge >= 0.3 is 0 Å². The lowest BCUT2D eigenvalue weighted by atomic mass is 9.48. The second kappa shape index (κ2) is 7.72. The van der Waals surface area contributed by atoms with Crippen LogP contribution in [0.15, 0.2) is 35.1 Å². The third kappa shape index (κ3) is 3.16. The highest BCUT2D eigenvalue weighted by atomic mass is 16.1. The molecule has 0 bridgehead atoms. The van der Waals surface area contributed by atoms with Crippen LogP contribution in [-0.4, -0.2) is 25.2 Å². The molecule has 3 aliphatic carbocycles. The van der Waals surface area contributed by atoms with Gasteiger partial charge in [-0.25, -0.2) is 0 Å². The number of Topliss-reactive ketones (excluding diaryl/α,β-unsaturated/α-hetero) is 1. The molecule has 4 unspecified atom stereocenters. The van der Waals surface area contributed by atoms with E-state index < -0.39 is 5.41 Å². The molecule has 0 aromatic heterocycles. The number of carbonyl (C=O) groups is 2. The van der Waals surface area contributed by atoms with Crippen LogP contribution in [0.3, 0.4) is 0 Å². The van der Waals surface area contributed by atoms with E-state index >= 15 is 0 Å². The van der Waals surface area contributed by atoms with E-state index in [1.807, 2.05) is 6.08 Å². The fourth-order valence-electron chi connectivity index (χ4n) is 5.44. The van der Waals surface area contributed by atoms with Crippen molar-refractivity contribution in [3.05, 3.63) is 35.1 Å². The minimum Gasteiger partial charge on any atom is -0.385 e. The predicted octanol–water partition coefficient (Wildman–Crippen LogP) is 3.30. The Kier molecular flexibility index (Phi) is 5.68. The molecule has 0 radical (unpaired) electrons. The average molecular weight is 381 g/mol. The van der Waals surface area contributed by atoms with Crippen LogP contribution in [0.4, 0.5) is 0 Å². The van der Waals surface area contributed by atoms with Crippen LogP contribution >= 0.6 is 0 Å². The summed E-state index contributed by atoms with van der Waals surface area (Å²) in [6.07, 6.45) is 10.1. The summed E-state index contributed by atoms with van der Waals surface area (Å²) >= 11 is 0. The van der Waals surface area contributed by atoms with Crippen molar-refractivity contribution >= 4 is 11.6 Å². The van der Waals surface area contributed by atoms with Gasteiger partial charge in [-0.3, -0.25) is 9.59 Å². The number of ketones is 2. The van der Waals surface area contributed by atoms with Gasteiger partial charge in [0.25, 0.3) is 0 Å². The Morgan fingerprint density at radius 1 is 1.32 bits per heavy atom. The van der Waals surface area contributed by atoms with Crippen molar-refractivity contribution in [2.75, 3.05) is 13.6 Å². The van der Waals surface area contributed by atoms with Gasteiger partial charge in [-0.2, -0.15) is 0 Å². The highest BCUT2D eigenvalue weighted by molar-refractivity contribution is 6.06. The predicted molar refractivity (Wildman–Crippen MR) is 112 cm³/mol. The first-order valence-corrected chi connectivity index (χ1v) is 10.5. The zero-order valence-corrected chi connectivity index (χ0v) is 17.5. The Bertz CT molecular complexity index is 838. The van der Waals surface area contributed by atoms with Crippen LogP contribution in [0.5, 0.6) is 0 Å². The van der Waals surface area contributed by atoms with Crippen molar-refractivity contribution < 1.29 is 9.59 Å². The molecule has 3 aliphatic rings. The van der Waals surface area contributed by atoms with Crippen LogP contribution in [-0.2, 0) is 9.59 Å². The number of nitrogens with one attached hydrogen (secondary N) is 1. The lowest BCUT2D eigenvalue weighted by molar-refractivity contribution is -0.123. The molecule has 4 nitrogen and oxygen atoms in total. The molecule has 0 saturated heterocycles. The maximum absolute atomic E-state index is 12.9. The smallest absolute Gasteiger partial charge is 0.201 e. The van der Waals surface area contributed by atoms with E-state index in [-0.39, 0.29) is 28.8 Å². The molecule has 3 rings (SSSR count). The van der Waals surface area contributed by atoms with Crippen molar-refractivity contribution in [2.45, 2.75) is 52.9 Å². The Balaban J connectivity index is 2.19. The monoisotopic (exact) mass is 380 g/mol. The molecule has 0 aliphatic heterocycles. The van der Waals surface area contributed by atoms with Crippen LogP contribution in [0.1, 0.15) is 52.9 Å². The second-order valence-corrected chi connectivity index (χ2v) is 8.54. The summed E-state index contributed by atoms with van der Waals surface area (Å²) in [5.74, 6) is 7.15. The van der Waals surface area contributed by atoms with Gasteiger partial charge in [0, 0.05) is 31.3 Å². The van der Waals surface area contributed by atoms with Gasteiger partial charge in [0.15, 0.2) is 5.78 Å². The summed E-state index contributed by atoms with van der Waals surface area (Å²) < 4.78 is 0. The summed E-state index contributed by atoms with van der Waals surface area (Å²) in [6.45, 7) is 6.88. The van der Waals surface area contributed by atoms with Crippen LogP contribution in [0, 0.1) is 34.5 Å². The van der Waals surface area contributed by atoms with Crippen LogP contribution in [0.2, 0.25) is 0 Å². The Morgan fingerprint density at radius 3 is 2.71 bits per heavy atom. The standard InChI is InChI=1S/C24H32N2O2/c1-5-8-17-14-23(3)18(16(2)22(17)28)9-11-24(10-6-7-12-25)15-19(26-4)20(27)13-21(23)24/h13-16,18,26H,5,7-9,11-12,25H2,1-4H3. The van der Waals surface area contributed by atoms with Crippen molar-refractivity contribution in [1.29, 1.82) is 0 Å². The highest BCUT2D eigenvalue weighted by Crippen LogP contribution is 2.60. The fraction of sp³-hybridized carbons (Fsp3) is 0.583. The SMILES string of the molecule is CCCC1=CC2(C)C3=CC(=O)C(NC)=CC3(C#CCCN)CCC2C(C)C1=O. The molecular formula is C24H32N2O2. The first kappa shape index (κ1) is 20.6. The Labute approximate surface area is 168 Å². The number of likely N-dealkylation sites (N-methyl/N-ethyl adjacent to an activating group) is 1. The number of hydrogen-bond acceptors (Lipinski definition) is 4. The fourth-order valence-corrected chi connectivity index (χ4v) is 5.44. The van der Waals surface area contributed by atoms with E-state index in [2.05, 4.69) is 44.0 Å². The molecule has 0 spiro atoms. The van der Waals surface area contributed by atoms with E-state index in [0.717, 1.165) is 36.8 Å². The lowest BCUT2D eigenvalue weighted by Gasteiger charge is -2.54. The summed E-state index contributed by atoms with van der Waals surface area (Å²) in [6, 6.07) is 0. The largest absolute Gasteiger partial charge is 0.385 e. The van der Waals surface area contributed by atoms with Gasteiger partial charge in [-0.05, 0) is 48.5 Å². The highest BCUT2D eigenvalue weighted by Gasteiger charge is 2.55. The molecule has 0 aromatic rings. The molecule has 1 fully saturated rings. The number of allylic oxidation sites excluding steroid dienone is 5. The van der Waals surface area contributed by atoms with Gasteiger partial charge in [-0.15, -0.1) is 5.92 Å². The van der Waals surface area contributed by atoms with Gasteiger partial charge in [0.05, 0.1) is 11.1 Å². The molecule has 0 aromatic carbocycles. The topological polar surface area (TPSA) is 72.2 Å². The zero-order chi connectivity index (χ0) is 20.5. The van der Waals surface area contributed by atoms with Crippen LogP contribution in [0.25, 0.3) is 0 Å². The quantitative estimate of drug-likeness (QED) is 0.734. The van der Waals surface area contributed by atoms with E-state index in [0.29, 0.717) is 18.7 Å². The van der Waals surface area contributed by atoms with E-state index in [1.54, 1.807) is 13.1 Å². The maximum atomic E-state index is 12.9. The first-order chi connectivity index (χ1) is 13.3. The number of nitrogens with two attached hydrogens (primary N) is 1. The molecule has 150 valence electrons. The van der Waals surface area contributed by atoms with Crippen LogP contribution < -0.4 is 11.1 Å². The van der Waals surface area contributed by atoms with Gasteiger partial charge in [-0.1, -0.05) is 39.2 Å². The van der Waals surface area contributed by atoms with Crippen molar-refractivity contribution in [3.63, 3.8) is 0 Å². The lowest BCUT2D eigenvalue weighted by Crippen LogP contribution is -2.49. The third-order valence-electron chi connectivity index (χ3n) is 6.79. The van der Waals surface area contributed by atoms with Crippen molar-refractivity contribution in [3.8, 4) is 11.8 Å². The summed E-state index contributed by atoms with van der Waals surface area (Å²) in [5.41, 5.74) is 7.42. The van der Waals surface area contributed by atoms with E-state index in [9.17, 15) is 9.59 Å². The normalized spacial score (nSPS) is 34.2. The van der Waals surface area contributed by atoms with E-state index in [1.165, 1.54) is 0 Å². The van der Waals surface area contributed by atoms with E-state index in [4.69, 9.17) is 5.73 Å². The maximum Gasteiger partial charge on any atom is 0.201 e. The minimum atomic E-state index is -0.472. The second-order valence-electron chi connectivity index (χ2n) is 8.54. The van der Waals surface area contributed by atoms with Gasteiger partial charge in [0.2, 0.25) is 5.78 Å². The summed E-state index contributed by atoms with van der Waals surface area (Å²) in [5, 5.41) is 3.04. The first-order valence-electron chi connectivity index (χ1n) is 10.5. The Morgan fingerprint density at radius 2 is 2.07 bits per heavy atom. The number of fused-ring (bicyclic) bond motifs is 3. The number of rotatable bonds is 4. The molecule has 4 heteroatoms. The third-order valence-corrected chi connectivity index (χ3v) is 6.79. The molecule has 28 heavy (non-hydrogen) atoms. The summed E-state index contributed by atoms with van der Waals surface area (Å²) in [4.78, 5) is 25.7. The van der Waals surface area contributed by atoms with Crippen molar-refractivity contribution in [1.82, 2.24) is 5.32 Å². The molecule has 1 saturated carbocycles. The molecule has 0 heterocycles. The van der Waals surface area contributed by atoms with Gasteiger partial charge in [0.1, 0.15) is 0 Å². The van der Waals surface area contributed by atoms with Crippen molar-refractivity contribution in [2.24, 2.45) is 28.4 Å².